The monoisotopic (exact) mass is 531 g/mol. The van der Waals surface area contributed by atoms with Crippen LogP contribution in [0.5, 0.6) is 0 Å². The molecule has 3 heterocycles. The van der Waals surface area contributed by atoms with Gasteiger partial charge in [-0.25, -0.2) is 15.0 Å². The maximum atomic E-state index is 6.32. The molecule has 0 saturated carbocycles. The molecule has 0 unspecified atom stereocenters. The summed E-state index contributed by atoms with van der Waals surface area (Å²) >= 11 is 1.70. The van der Waals surface area contributed by atoms with Crippen LogP contribution in [0.2, 0.25) is 0 Å². The SMILES string of the molecule is c1ccc(-c2cc(-c3ccccc3)nc(-c3cccc4oc5ccc(-c6nc7ccccc7s6)cc5c34)n2)cc1. The molecule has 0 aliphatic heterocycles. The molecular weight excluding hydrogens is 510 g/mol. The number of rotatable bonds is 4. The van der Waals surface area contributed by atoms with Crippen LogP contribution in [-0.2, 0) is 0 Å². The highest BCUT2D eigenvalue weighted by molar-refractivity contribution is 7.21. The molecule has 8 rings (SSSR count). The van der Waals surface area contributed by atoms with Crippen LogP contribution in [0.15, 0.2) is 132 Å². The van der Waals surface area contributed by atoms with Crippen molar-refractivity contribution in [3.63, 3.8) is 0 Å². The van der Waals surface area contributed by atoms with Gasteiger partial charge in [-0.3, -0.25) is 0 Å². The lowest BCUT2D eigenvalue weighted by Gasteiger charge is -2.10. The second-order valence-corrected chi connectivity index (χ2v) is 10.7. The van der Waals surface area contributed by atoms with Crippen molar-refractivity contribution in [1.82, 2.24) is 15.0 Å². The van der Waals surface area contributed by atoms with Crippen LogP contribution < -0.4 is 0 Å². The van der Waals surface area contributed by atoms with Gasteiger partial charge in [0, 0.05) is 33.0 Å². The molecule has 0 radical (unpaired) electrons. The molecule has 40 heavy (non-hydrogen) atoms. The Bertz CT molecular complexity index is 2070. The summed E-state index contributed by atoms with van der Waals surface area (Å²) in [6.45, 7) is 0. The van der Waals surface area contributed by atoms with E-state index in [2.05, 4.69) is 66.7 Å². The fourth-order valence-corrected chi connectivity index (χ4v) is 6.19. The molecule has 0 spiro atoms. The number of para-hydroxylation sites is 1. The molecule has 0 saturated heterocycles. The number of aromatic nitrogens is 3. The molecule has 8 aromatic rings. The number of fused-ring (bicyclic) bond motifs is 4. The molecule has 0 fully saturated rings. The maximum absolute atomic E-state index is 6.32. The smallest absolute Gasteiger partial charge is 0.161 e. The third-order valence-corrected chi connectivity index (χ3v) is 8.23. The van der Waals surface area contributed by atoms with Crippen molar-refractivity contribution < 1.29 is 4.42 Å². The number of furan rings is 1. The van der Waals surface area contributed by atoms with Crippen LogP contribution in [0.25, 0.3) is 76.6 Å². The van der Waals surface area contributed by atoms with E-state index in [0.717, 1.165) is 66.1 Å². The molecule has 0 aliphatic rings. The molecular formula is C35H21N3OS. The summed E-state index contributed by atoms with van der Waals surface area (Å²) in [5.41, 5.74) is 8.51. The van der Waals surface area contributed by atoms with Crippen LogP contribution in [0, 0.1) is 0 Å². The fourth-order valence-electron chi connectivity index (χ4n) is 5.22. The summed E-state index contributed by atoms with van der Waals surface area (Å²) in [5, 5.41) is 3.02. The van der Waals surface area contributed by atoms with E-state index in [1.165, 1.54) is 4.70 Å². The zero-order valence-electron chi connectivity index (χ0n) is 21.3. The number of benzene rings is 5. The van der Waals surface area contributed by atoms with Crippen molar-refractivity contribution in [2.45, 2.75) is 0 Å². The molecule has 0 aliphatic carbocycles. The second kappa shape index (κ2) is 9.26. The molecule has 3 aromatic heterocycles. The molecule has 0 N–H and O–H groups in total. The van der Waals surface area contributed by atoms with E-state index in [1.807, 2.05) is 60.7 Å². The average Bonchev–Trinajstić information content (AvgIpc) is 3.63. The van der Waals surface area contributed by atoms with Gasteiger partial charge < -0.3 is 4.42 Å². The molecule has 188 valence electrons. The predicted octanol–water partition coefficient (Wildman–Crippen LogP) is 9.65. The summed E-state index contributed by atoms with van der Waals surface area (Å²) in [6.07, 6.45) is 0. The van der Waals surface area contributed by atoms with E-state index in [4.69, 9.17) is 19.4 Å². The van der Waals surface area contributed by atoms with Gasteiger partial charge in [0.1, 0.15) is 16.2 Å². The highest BCUT2D eigenvalue weighted by Gasteiger charge is 2.18. The third-order valence-electron chi connectivity index (χ3n) is 7.14. The summed E-state index contributed by atoms with van der Waals surface area (Å²) in [4.78, 5) is 15.1. The predicted molar refractivity (Wildman–Crippen MR) is 164 cm³/mol. The fraction of sp³-hybridized carbons (Fsp3) is 0. The van der Waals surface area contributed by atoms with E-state index >= 15 is 0 Å². The second-order valence-electron chi connectivity index (χ2n) is 9.67. The first-order valence-electron chi connectivity index (χ1n) is 13.1. The van der Waals surface area contributed by atoms with Crippen molar-refractivity contribution in [2.75, 3.05) is 0 Å². The largest absolute Gasteiger partial charge is 0.456 e. The Morgan fingerprint density at radius 1 is 0.525 bits per heavy atom. The highest BCUT2D eigenvalue weighted by atomic mass is 32.1. The van der Waals surface area contributed by atoms with Gasteiger partial charge in [-0.05, 0) is 42.5 Å². The Morgan fingerprint density at radius 3 is 1.95 bits per heavy atom. The van der Waals surface area contributed by atoms with Crippen molar-refractivity contribution in [2.24, 2.45) is 0 Å². The lowest BCUT2D eigenvalue weighted by Crippen LogP contribution is -1.96. The number of hydrogen-bond donors (Lipinski definition) is 0. The van der Waals surface area contributed by atoms with E-state index in [-0.39, 0.29) is 0 Å². The third kappa shape index (κ3) is 3.87. The molecule has 0 atom stereocenters. The Hall–Kier alpha value is -5.13. The lowest BCUT2D eigenvalue weighted by atomic mass is 10.0. The normalized spacial score (nSPS) is 11.5. The van der Waals surface area contributed by atoms with Crippen LogP contribution >= 0.6 is 11.3 Å². The van der Waals surface area contributed by atoms with Gasteiger partial charge in [0.05, 0.1) is 21.6 Å². The van der Waals surface area contributed by atoms with Gasteiger partial charge in [-0.2, -0.15) is 0 Å². The van der Waals surface area contributed by atoms with E-state index < -0.39 is 0 Å². The van der Waals surface area contributed by atoms with Gasteiger partial charge >= 0.3 is 0 Å². The Balaban J connectivity index is 1.36. The Morgan fingerprint density at radius 2 is 1.23 bits per heavy atom. The Kier molecular flexibility index (Phi) is 5.28. The van der Waals surface area contributed by atoms with E-state index in [1.54, 1.807) is 11.3 Å². The molecule has 0 bridgehead atoms. The molecule has 0 amide bonds. The minimum Gasteiger partial charge on any atom is -0.456 e. The lowest BCUT2D eigenvalue weighted by molar-refractivity contribution is 0.669. The zero-order valence-corrected chi connectivity index (χ0v) is 22.1. The number of hydrogen-bond acceptors (Lipinski definition) is 5. The van der Waals surface area contributed by atoms with Crippen molar-refractivity contribution in [3.8, 4) is 44.5 Å². The standard InChI is InChI=1S/C35H21N3OS/c1-3-10-22(11-4-1)28-21-29(23-12-5-2-6-13-23)37-34(36-28)25-14-9-16-31-33(25)26-20-24(18-19-30(26)39-31)35-38-27-15-7-8-17-32(27)40-35/h1-21H. The van der Waals surface area contributed by atoms with Crippen LogP contribution in [-0.4, -0.2) is 15.0 Å². The molecule has 5 aromatic carbocycles. The first-order chi connectivity index (χ1) is 19.8. The minimum absolute atomic E-state index is 0.666. The maximum Gasteiger partial charge on any atom is 0.161 e. The van der Waals surface area contributed by atoms with Gasteiger partial charge in [0.2, 0.25) is 0 Å². The average molecular weight is 532 g/mol. The van der Waals surface area contributed by atoms with Gasteiger partial charge in [-0.15, -0.1) is 11.3 Å². The zero-order chi connectivity index (χ0) is 26.5. The quantitative estimate of drug-likeness (QED) is 0.227. The summed E-state index contributed by atoms with van der Waals surface area (Å²) in [6, 6.07) is 43.2. The summed E-state index contributed by atoms with van der Waals surface area (Å²) < 4.78 is 7.50. The van der Waals surface area contributed by atoms with Gasteiger partial charge in [-0.1, -0.05) is 84.9 Å². The van der Waals surface area contributed by atoms with Gasteiger partial charge in [0.25, 0.3) is 0 Å². The first kappa shape index (κ1) is 22.8. The van der Waals surface area contributed by atoms with Crippen LogP contribution in [0.1, 0.15) is 0 Å². The summed E-state index contributed by atoms with van der Waals surface area (Å²) in [5.74, 6) is 0.666. The minimum atomic E-state index is 0.666. The van der Waals surface area contributed by atoms with Crippen LogP contribution in [0.3, 0.4) is 0 Å². The number of thiazole rings is 1. The van der Waals surface area contributed by atoms with E-state index in [9.17, 15) is 0 Å². The molecule has 4 nitrogen and oxygen atoms in total. The topological polar surface area (TPSA) is 51.8 Å². The molecule has 5 heteroatoms. The van der Waals surface area contributed by atoms with Crippen molar-refractivity contribution in [3.05, 3.63) is 127 Å². The first-order valence-corrected chi connectivity index (χ1v) is 13.9. The van der Waals surface area contributed by atoms with Crippen molar-refractivity contribution in [1.29, 1.82) is 0 Å². The van der Waals surface area contributed by atoms with Crippen molar-refractivity contribution >= 4 is 43.5 Å². The van der Waals surface area contributed by atoms with Crippen LogP contribution in [0.4, 0.5) is 0 Å². The Labute approximate surface area is 234 Å². The van der Waals surface area contributed by atoms with Gasteiger partial charge in [0.15, 0.2) is 5.82 Å². The highest BCUT2D eigenvalue weighted by Crippen LogP contribution is 2.39. The number of nitrogens with zero attached hydrogens (tertiary/aromatic N) is 3. The summed E-state index contributed by atoms with van der Waals surface area (Å²) in [7, 11) is 0. The van der Waals surface area contributed by atoms with E-state index in [0.29, 0.717) is 5.82 Å².